The van der Waals surface area contributed by atoms with E-state index in [9.17, 15) is 0 Å². The molecule has 6 nitrogen and oxygen atoms in total. The zero-order chi connectivity index (χ0) is 13.8. The van der Waals surface area contributed by atoms with Crippen molar-refractivity contribution in [2.45, 2.75) is 6.92 Å². The number of aryl methyl sites for hydroxylation is 1. The van der Waals surface area contributed by atoms with Crippen LogP contribution in [0.2, 0.25) is 5.02 Å². The monoisotopic (exact) mass is 278 g/mol. The Kier molecular flexibility index (Phi) is 3.82. The molecular formula is C12H11ClN4O2. The van der Waals surface area contributed by atoms with Gasteiger partial charge in [-0.25, -0.2) is 4.98 Å². The van der Waals surface area contributed by atoms with Gasteiger partial charge in [0.1, 0.15) is 11.4 Å². The molecule has 1 aromatic carbocycles. The van der Waals surface area contributed by atoms with Crippen molar-refractivity contribution in [1.82, 2.24) is 9.97 Å². The van der Waals surface area contributed by atoms with Crippen molar-refractivity contribution < 1.29 is 9.94 Å². The van der Waals surface area contributed by atoms with Gasteiger partial charge in [-0.05, 0) is 36.8 Å². The third-order valence-corrected chi connectivity index (χ3v) is 2.58. The first-order valence-corrected chi connectivity index (χ1v) is 5.73. The molecule has 0 saturated carbocycles. The van der Waals surface area contributed by atoms with E-state index in [0.717, 1.165) is 5.56 Å². The van der Waals surface area contributed by atoms with Crippen LogP contribution in [0, 0.1) is 6.92 Å². The number of amidine groups is 1. The van der Waals surface area contributed by atoms with E-state index in [1.54, 1.807) is 18.2 Å². The molecule has 98 valence electrons. The highest BCUT2D eigenvalue weighted by atomic mass is 35.5. The predicted molar refractivity (Wildman–Crippen MR) is 70.8 cm³/mol. The molecule has 0 bridgehead atoms. The number of rotatable bonds is 3. The molecule has 0 aliphatic rings. The summed E-state index contributed by atoms with van der Waals surface area (Å²) in [5.41, 5.74) is 6.57. The van der Waals surface area contributed by atoms with Crippen molar-refractivity contribution in [3.8, 4) is 11.8 Å². The van der Waals surface area contributed by atoms with Crippen LogP contribution in [-0.4, -0.2) is 21.0 Å². The first-order valence-electron chi connectivity index (χ1n) is 5.35. The fourth-order valence-corrected chi connectivity index (χ4v) is 1.64. The van der Waals surface area contributed by atoms with Gasteiger partial charge in [0.2, 0.25) is 0 Å². The number of nitrogens with zero attached hydrogens (tertiary/aromatic N) is 3. The Bertz CT molecular complexity index is 631. The summed E-state index contributed by atoms with van der Waals surface area (Å²) in [6, 6.07) is 6.81. The maximum absolute atomic E-state index is 8.59. The van der Waals surface area contributed by atoms with E-state index < -0.39 is 0 Å². The fourth-order valence-electron chi connectivity index (χ4n) is 1.41. The molecule has 1 heterocycles. The summed E-state index contributed by atoms with van der Waals surface area (Å²) in [5.74, 6) is 0.473. The van der Waals surface area contributed by atoms with Gasteiger partial charge in [0, 0.05) is 11.2 Å². The van der Waals surface area contributed by atoms with Gasteiger partial charge in [-0.15, -0.1) is 0 Å². The number of benzene rings is 1. The number of oxime groups is 1. The van der Waals surface area contributed by atoms with E-state index in [-0.39, 0.29) is 17.5 Å². The lowest BCUT2D eigenvalue weighted by Gasteiger charge is -2.07. The van der Waals surface area contributed by atoms with Gasteiger partial charge in [-0.3, -0.25) is 0 Å². The minimum absolute atomic E-state index is 0.106. The van der Waals surface area contributed by atoms with Crippen molar-refractivity contribution in [2.75, 3.05) is 0 Å². The van der Waals surface area contributed by atoms with Crippen molar-refractivity contribution in [2.24, 2.45) is 10.9 Å². The zero-order valence-corrected chi connectivity index (χ0v) is 10.8. The number of ether oxygens (including phenoxy) is 1. The van der Waals surface area contributed by atoms with Crippen molar-refractivity contribution >= 4 is 17.4 Å². The third kappa shape index (κ3) is 3.11. The van der Waals surface area contributed by atoms with Crippen LogP contribution in [0.1, 0.15) is 11.3 Å². The Labute approximate surface area is 114 Å². The van der Waals surface area contributed by atoms with Gasteiger partial charge < -0.3 is 15.7 Å². The van der Waals surface area contributed by atoms with Crippen LogP contribution in [0.4, 0.5) is 0 Å². The fraction of sp³-hybridized carbons (Fsp3) is 0.0833. The van der Waals surface area contributed by atoms with Crippen LogP contribution < -0.4 is 10.5 Å². The largest absolute Gasteiger partial charge is 0.424 e. The van der Waals surface area contributed by atoms with Gasteiger partial charge in [0.05, 0.1) is 0 Å². The Balaban J connectivity index is 2.28. The van der Waals surface area contributed by atoms with Gasteiger partial charge in [0.25, 0.3) is 0 Å². The lowest BCUT2D eigenvalue weighted by Crippen LogP contribution is -2.15. The molecule has 0 amide bonds. The second-order valence-electron chi connectivity index (χ2n) is 3.72. The number of halogens is 1. The maximum atomic E-state index is 8.59. The van der Waals surface area contributed by atoms with Crippen LogP contribution in [0.25, 0.3) is 0 Å². The normalized spacial score (nSPS) is 11.4. The highest BCUT2D eigenvalue weighted by Crippen LogP contribution is 2.25. The molecule has 0 spiro atoms. The van der Waals surface area contributed by atoms with E-state index in [1.165, 1.54) is 12.3 Å². The lowest BCUT2D eigenvalue weighted by atomic mass is 10.2. The van der Waals surface area contributed by atoms with Crippen LogP contribution in [-0.2, 0) is 0 Å². The first kappa shape index (κ1) is 13.1. The van der Waals surface area contributed by atoms with Gasteiger partial charge in [-0.1, -0.05) is 16.8 Å². The number of aromatic nitrogens is 2. The lowest BCUT2D eigenvalue weighted by molar-refractivity contribution is 0.318. The third-order valence-electron chi connectivity index (χ3n) is 2.34. The van der Waals surface area contributed by atoms with Crippen molar-refractivity contribution in [3.63, 3.8) is 0 Å². The quantitative estimate of drug-likeness (QED) is 0.389. The highest BCUT2D eigenvalue weighted by molar-refractivity contribution is 6.30. The number of hydrogen-bond donors (Lipinski definition) is 2. The SMILES string of the molecule is Cc1cc(Cl)ccc1Oc1nccc(/C(N)=N/O)n1. The van der Waals surface area contributed by atoms with E-state index in [1.807, 2.05) is 6.92 Å². The molecule has 7 heteroatoms. The van der Waals surface area contributed by atoms with Crippen LogP contribution in [0.15, 0.2) is 35.6 Å². The van der Waals surface area contributed by atoms with Crippen molar-refractivity contribution in [1.29, 1.82) is 0 Å². The molecule has 2 aromatic rings. The summed E-state index contributed by atoms with van der Waals surface area (Å²) < 4.78 is 5.53. The zero-order valence-electron chi connectivity index (χ0n) is 10.0. The Morgan fingerprint density at radius 1 is 1.42 bits per heavy atom. The van der Waals surface area contributed by atoms with Crippen LogP contribution >= 0.6 is 11.6 Å². The minimum atomic E-state index is -0.111. The van der Waals surface area contributed by atoms with Crippen LogP contribution in [0.3, 0.4) is 0 Å². The van der Waals surface area contributed by atoms with E-state index in [4.69, 9.17) is 27.3 Å². The minimum Gasteiger partial charge on any atom is -0.424 e. The smallest absolute Gasteiger partial charge is 0.322 e. The summed E-state index contributed by atoms with van der Waals surface area (Å²) in [6.45, 7) is 1.86. The Morgan fingerprint density at radius 3 is 2.89 bits per heavy atom. The molecule has 0 radical (unpaired) electrons. The molecule has 0 unspecified atom stereocenters. The Morgan fingerprint density at radius 2 is 2.21 bits per heavy atom. The van der Waals surface area contributed by atoms with E-state index >= 15 is 0 Å². The van der Waals surface area contributed by atoms with Gasteiger partial charge >= 0.3 is 6.01 Å². The Hall–Kier alpha value is -2.34. The molecular weight excluding hydrogens is 268 g/mol. The maximum Gasteiger partial charge on any atom is 0.322 e. The van der Waals surface area contributed by atoms with Crippen LogP contribution in [0.5, 0.6) is 11.8 Å². The molecule has 19 heavy (non-hydrogen) atoms. The topological polar surface area (TPSA) is 93.6 Å². The molecule has 2 rings (SSSR count). The summed E-state index contributed by atoms with van der Waals surface area (Å²) in [6.07, 6.45) is 1.46. The molecule has 0 saturated heterocycles. The summed E-state index contributed by atoms with van der Waals surface area (Å²) >= 11 is 5.86. The molecule has 0 atom stereocenters. The molecule has 0 aliphatic heterocycles. The highest BCUT2D eigenvalue weighted by Gasteiger charge is 2.07. The van der Waals surface area contributed by atoms with Gasteiger partial charge in [0.15, 0.2) is 5.84 Å². The standard InChI is InChI=1S/C12H11ClN4O2/c1-7-6-8(13)2-3-10(7)19-12-15-5-4-9(16-12)11(14)17-18/h2-6,18H,1H3,(H2,14,17). The van der Waals surface area contributed by atoms with Gasteiger partial charge in [-0.2, -0.15) is 4.98 Å². The predicted octanol–water partition coefficient (Wildman–Crippen LogP) is 2.33. The second-order valence-corrected chi connectivity index (χ2v) is 4.16. The summed E-state index contributed by atoms with van der Waals surface area (Å²) in [4.78, 5) is 7.98. The second kappa shape index (κ2) is 5.53. The number of hydrogen-bond acceptors (Lipinski definition) is 5. The molecule has 0 aliphatic carbocycles. The molecule has 3 N–H and O–H groups in total. The summed E-state index contributed by atoms with van der Waals surface area (Å²) in [5, 5.41) is 12.1. The van der Waals surface area contributed by atoms with E-state index in [0.29, 0.717) is 10.8 Å². The number of nitrogens with two attached hydrogens (primary N) is 1. The molecule has 0 fully saturated rings. The average Bonchev–Trinajstić information content (AvgIpc) is 2.41. The molecule has 1 aromatic heterocycles. The average molecular weight is 279 g/mol. The van der Waals surface area contributed by atoms with E-state index in [2.05, 4.69) is 15.1 Å². The first-order chi connectivity index (χ1) is 9.10. The summed E-state index contributed by atoms with van der Waals surface area (Å²) in [7, 11) is 0. The van der Waals surface area contributed by atoms with Crippen molar-refractivity contribution in [3.05, 3.63) is 46.7 Å².